The Balaban J connectivity index is 1.48. The zero-order valence-electron chi connectivity index (χ0n) is 24.2. The monoisotopic (exact) mass is 605 g/mol. The molecule has 0 aliphatic carbocycles. The Kier molecular flexibility index (Phi) is 8.54. The predicted molar refractivity (Wildman–Crippen MR) is 171 cm³/mol. The molecular weight excluding hydrogens is 573 g/mol. The number of hydrogen-bond acceptors (Lipinski definition) is 7. The first-order valence-electron chi connectivity index (χ1n) is 13.8. The summed E-state index contributed by atoms with van der Waals surface area (Å²) in [7, 11) is 0. The average molecular weight is 607 g/mol. The second-order valence-corrected chi connectivity index (χ2v) is 11.8. The minimum atomic E-state index is -0.454. The van der Waals surface area contributed by atoms with Crippen molar-refractivity contribution >= 4 is 68.7 Å². The van der Waals surface area contributed by atoms with Gasteiger partial charge in [0.05, 0.1) is 16.6 Å². The maximum absolute atomic E-state index is 12.8. The number of anilines is 3. The molecule has 0 aliphatic rings. The number of nitrogens with one attached hydrogen (secondary N) is 3. The van der Waals surface area contributed by atoms with Gasteiger partial charge in [-0.2, -0.15) is 4.98 Å². The first kappa shape index (κ1) is 29.6. The number of urea groups is 1. The van der Waals surface area contributed by atoms with Gasteiger partial charge in [0.1, 0.15) is 17.2 Å². The van der Waals surface area contributed by atoms with Gasteiger partial charge in [-0.25, -0.2) is 14.8 Å². The molecule has 0 saturated heterocycles. The third-order valence-electron chi connectivity index (χ3n) is 6.62. The summed E-state index contributed by atoms with van der Waals surface area (Å²) >= 11 is 13.1. The number of halogens is 2. The fourth-order valence-corrected chi connectivity index (χ4v) is 5.20. The third kappa shape index (κ3) is 6.75. The van der Waals surface area contributed by atoms with Crippen molar-refractivity contribution in [3.8, 4) is 11.1 Å². The zero-order valence-corrected chi connectivity index (χ0v) is 25.7. The van der Waals surface area contributed by atoms with Crippen molar-refractivity contribution in [3.63, 3.8) is 0 Å². The van der Waals surface area contributed by atoms with Crippen LogP contribution in [0, 0.1) is 0 Å². The summed E-state index contributed by atoms with van der Waals surface area (Å²) in [6.07, 6.45) is 1.67. The summed E-state index contributed by atoms with van der Waals surface area (Å²) in [5.74, 6) is 1.54. The van der Waals surface area contributed by atoms with Crippen LogP contribution in [0.2, 0.25) is 10.0 Å². The van der Waals surface area contributed by atoms with Gasteiger partial charge in [0.2, 0.25) is 5.95 Å². The standard InChI is InChI=1S/C31H33Cl2N7O2/c1-6-40(7-2)17-21-14-18-13-20(11-12-25(18)42-21)35-29-34-16-19-15-22(26-23(32)9-8-10-24(26)33)28(36-27(19)37-29)38-30(41)39-31(3,4)5/h8-16H,6-7,17H2,1-5H3,(H3,34,35,36,37,38,39,41). The number of benzene rings is 2. The highest BCUT2D eigenvalue weighted by atomic mass is 35.5. The van der Waals surface area contributed by atoms with E-state index in [0.717, 1.165) is 42.1 Å². The lowest BCUT2D eigenvalue weighted by Crippen LogP contribution is -2.43. The largest absolute Gasteiger partial charge is 0.460 e. The van der Waals surface area contributed by atoms with E-state index in [1.54, 1.807) is 24.4 Å². The predicted octanol–water partition coefficient (Wildman–Crippen LogP) is 8.25. The molecule has 5 rings (SSSR count). The first-order valence-corrected chi connectivity index (χ1v) is 14.5. The number of hydrogen-bond donors (Lipinski definition) is 3. The van der Waals surface area contributed by atoms with Crippen molar-refractivity contribution in [1.29, 1.82) is 0 Å². The summed E-state index contributed by atoms with van der Waals surface area (Å²) in [4.78, 5) is 29.0. The normalized spacial score (nSPS) is 11.8. The van der Waals surface area contributed by atoms with Crippen LogP contribution in [0.4, 0.5) is 22.2 Å². The number of carbonyl (C=O) groups excluding carboxylic acids is 1. The van der Waals surface area contributed by atoms with Gasteiger partial charge in [0, 0.05) is 39.3 Å². The Hall–Kier alpha value is -3.92. The van der Waals surface area contributed by atoms with E-state index in [1.807, 2.05) is 45.0 Å². The van der Waals surface area contributed by atoms with Crippen LogP contribution in [0.15, 0.2) is 59.1 Å². The van der Waals surface area contributed by atoms with Crippen molar-refractivity contribution < 1.29 is 9.21 Å². The summed E-state index contributed by atoms with van der Waals surface area (Å²) < 4.78 is 6.04. The smallest absolute Gasteiger partial charge is 0.320 e. The minimum absolute atomic E-state index is 0.268. The van der Waals surface area contributed by atoms with Crippen LogP contribution in [0.1, 0.15) is 40.4 Å². The topological polar surface area (TPSA) is 108 Å². The van der Waals surface area contributed by atoms with Crippen molar-refractivity contribution in [3.05, 3.63) is 70.5 Å². The summed E-state index contributed by atoms with van der Waals surface area (Å²) in [5, 5.41) is 11.5. The van der Waals surface area contributed by atoms with E-state index in [0.29, 0.717) is 38.2 Å². The quantitative estimate of drug-likeness (QED) is 0.163. The molecular formula is C31H33Cl2N7O2. The van der Waals surface area contributed by atoms with Gasteiger partial charge < -0.3 is 15.1 Å². The Labute approximate surface area is 254 Å². The van der Waals surface area contributed by atoms with Gasteiger partial charge in [-0.1, -0.05) is 43.1 Å². The SMILES string of the molecule is CCN(CC)Cc1cc2cc(Nc3ncc4cc(-c5c(Cl)cccc5Cl)c(NC(=O)NC(C)(C)C)nc4n3)ccc2o1. The lowest BCUT2D eigenvalue weighted by Gasteiger charge is -2.21. The highest BCUT2D eigenvalue weighted by Gasteiger charge is 2.20. The molecule has 3 heterocycles. The van der Waals surface area contributed by atoms with Crippen LogP contribution < -0.4 is 16.0 Å². The van der Waals surface area contributed by atoms with E-state index in [9.17, 15) is 4.79 Å². The fourth-order valence-electron chi connectivity index (χ4n) is 4.59. The number of pyridine rings is 1. The van der Waals surface area contributed by atoms with Crippen molar-refractivity contribution in [2.75, 3.05) is 23.7 Å². The molecule has 0 spiro atoms. The van der Waals surface area contributed by atoms with Gasteiger partial charge in [0.25, 0.3) is 0 Å². The summed E-state index contributed by atoms with van der Waals surface area (Å²) in [6.45, 7) is 12.6. The lowest BCUT2D eigenvalue weighted by atomic mass is 10.0. The van der Waals surface area contributed by atoms with Crippen LogP contribution >= 0.6 is 23.2 Å². The van der Waals surface area contributed by atoms with Gasteiger partial charge >= 0.3 is 6.03 Å². The molecule has 0 atom stereocenters. The third-order valence-corrected chi connectivity index (χ3v) is 7.25. The molecule has 2 aromatic carbocycles. The van der Waals surface area contributed by atoms with Crippen LogP contribution in [0.3, 0.4) is 0 Å². The number of aromatic nitrogens is 3. The molecule has 0 unspecified atom stereocenters. The number of amides is 2. The molecule has 3 N–H and O–H groups in total. The summed E-state index contributed by atoms with van der Waals surface area (Å²) in [5.41, 5.74) is 2.66. The molecule has 11 heteroatoms. The summed E-state index contributed by atoms with van der Waals surface area (Å²) in [6, 6.07) is 14.5. The first-order chi connectivity index (χ1) is 20.0. The zero-order chi connectivity index (χ0) is 30.0. The molecule has 5 aromatic rings. The van der Waals surface area contributed by atoms with Crippen molar-refractivity contribution in [1.82, 2.24) is 25.2 Å². The molecule has 2 amide bonds. The van der Waals surface area contributed by atoms with Crippen LogP contribution in [-0.2, 0) is 6.54 Å². The molecule has 0 aliphatic heterocycles. The van der Waals surface area contributed by atoms with Crippen molar-refractivity contribution in [2.45, 2.75) is 46.7 Å². The van der Waals surface area contributed by atoms with E-state index in [1.165, 1.54) is 0 Å². The number of carbonyl (C=O) groups is 1. The Morgan fingerprint density at radius 2 is 1.71 bits per heavy atom. The van der Waals surface area contributed by atoms with Gasteiger partial charge in [-0.15, -0.1) is 0 Å². The molecule has 42 heavy (non-hydrogen) atoms. The number of nitrogens with zero attached hydrogens (tertiary/aromatic N) is 4. The van der Waals surface area contributed by atoms with E-state index >= 15 is 0 Å². The van der Waals surface area contributed by atoms with Crippen LogP contribution in [0.25, 0.3) is 33.1 Å². The van der Waals surface area contributed by atoms with Gasteiger partial charge in [0.15, 0.2) is 5.65 Å². The number of fused-ring (bicyclic) bond motifs is 2. The van der Waals surface area contributed by atoms with E-state index in [-0.39, 0.29) is 5.82 Å². The highest BCUT2D eigenvalue weighted by molar-refractivity contribution is 6.39. The van der Waals surface area contributed by atoms with Gasteiger partial charge in [-0.05, 0) is 76.3 Å². The average Bonchev–Trinajstić information content (AvgIpc) is 3.32. The van der Waals surface area contributed by atoms with E-state index in [4.69, 9.17) is 32.6 Å². The van der Waals surface area contributed by atoms with E-state index in [2.05, 4.69) is 50.7 Å². The van der Waals surface area contributed by atoms with Gasteiger partial charge in [-0.3, -0.25) is 10.2 Å². The van der Waals surface area contributed by atoms with Crippen LogP contribution in [-0.4, -0.2) is 44.5 Å². The molecule has 3 aromatic heterocycles. The number of rotatable bonds is 8. The molecule has 0 radical (unpaired) electrons. The Bertz CT molecular complexity index is 1740. The second kappa shape index (κ2) is 12.1. The molecule has 218 valence electrons. The number of furan rings is 1. The minimum Gasteiger partial charge on any atom is -0.460 e. The fraction of sp³-hybridized carbons (Fsp3) is 0.290. The molecule has 0 fully saturated rings. The maximum atomic E-state index is 12.8. The molecule has 9 nitrogen and oxygen atoms in total. The molecule has 0 saturated carbocycles. The Morgan fingerprint density at radius 1 is 0.976 bits per heavy atom. The lowest BCUT2D eigenvalue weighted by molar-refractivity contribution is 0.243. The second-order valence-electron chi connectivity index (χ2n) is 11.0. The molecule has 0 bridgehead atoms. The maximum Gasteiger partial charge on any atom is 0.320 e. The Morgan fingerprint density at radius 3 is 2.40 bits per heavy atom. The van der Waals surface area contributed by atoms with E-state index < -0.39 is 11.6 Å². The van der Waals surface area contributed by atoms with Crippen molar-refractivity contribution in [2.24, 2.45) is 0 Å². The van der Waals surface area contributed by atoms with Crippen LogP contribution in [0.5, 0.6) is 0 Å². The highest BCUT2D eigenvalue weighted by Crippen LogP contribution is 2.39.